The largest absolute Gasteiger partial charge is 0.337 e. The molecule has 0 unspecified atom stereocenters. The van der Waals surface area contributed by atoms with E-state index in [4.69, 9.17) is 4.84 Å². The third-order valence-corrected chi connectivity index (χ3v) is 6.41. The minimum atomic E-state index is -0.281. The van der Waals surface area contributed by atoms with E-state index in [-0.39, 0.29) is 11.9 Å². The highest BCUT2D eigenvalue weighted by Gasteiger charge is 2.16. The van der Waals surface area contributed by atoms with Crippen LogP contribution in [0.15, 0.2) is 69.5 Å². The van der Waals surface area contributed by atoms with Crippen molar-refractivity contribution in [3.05, 3.63) is 60.2 Å². The van der Waals surface area contributed by atoms with Crippen molar-refractivity contribution in [3.63, 3.8) is 0 Å². The fraction of sp³-hybridized carbons (Fsp3) is 0.440. The van der Waals surface area contributed by atoms with Gasteiger partial charge in [-0.1, -0.05) is 93.2 Å². The van der Waals surface area contributed by atoms with Gasteiger partial charge in [0.25, 0.3) is 0 Å². The fourth-order valence-electron chi connectivity index (χ4n) is 3.60. The molecule has 0 saturated heterocycles. The smallest absolute Gasteiger partial charge is 0.318 e. The molecule has 3 rings (SSSR count). The summed E-state index contributed by atoms with van der Waals surface area (Å²) in [6.07, 6.45) is 8.62. The van der Waals surface area contributed by atoms with Gasteiger partial charge < -0.3 is 4.84 Å². The SMILES string of the molecule is CC(C)C(=O)O/N=C(\CCC1CCCCC1)c1ccc(Sc2ccccc2)cc1. The Labute approximate surface area is 178 Å². The number of hydrogen-bond acceptors (Lipinski definition) is 4. The molecule has 29 heavy (non-hydrogen) atoms. The topological polar surface area (TPSA) is 38.7 Å². The lowest BCUT2D eigenvalue weighted by atomic mass is 9.85. The number of carbonyl (C=O) groups excluding carboxylic acids is 1. The summed E-state index contributed by atoms with van der Waals surface area (Å²) in [6, 6.07) is 18.8. The van der Waals surface area contributed by atoms with Gasteiger partial charge in [0, 0.05) is 9.79 Å². The van der Waals surface area contributed by atoms with E-state index in [1.165, 1.54) is 41.9 Å². The van der Waals surface area contributed by atoms with Crippen LogP contribution in [0.4, 0.5) is 0 Å². The van der Waals surface area contributed by atoms with E-state index in [0.29, 0.717) is 0 Å². The second-order valence-corrected chi connectivity index (χ2v) is 9.23. The van der Waals surface area contributed by atoms with E-state index in [1.54, 1.807) is 11.8 Å². The van der Waals surface area contributed by atoms with E-state index in [9.17, 15) is 4.79 Å². The van der Waals surface area contributed by atoms with Crippen molar-refractivity contribution in [2.24, 2.45) is 17.0 Å². The average molecular weight is 410 g/mol. The van der Waals surface area contributed by atoms with Crippen LogP contribution in [0.1, 0.15) is 64.4 Å². The molecule has 1 aliphatic rings. The molecule has 0 N–H and O–H groups in total. The monoisotopic (exact) mass is 409 g/mol. The number of nitrogens with zero attached hydrogens (tertiary/aromatic N) is 1. The van der Waals surface area contributed by atoms with E-state index >= 15 is 0 Å². The van der Waals surface area contributed by atoms with Crippen molar-refractivity contribution in [3.8, 4) is 0 Å². The zero-order valence-electron chi connectivity index (χ0n) is 17.5. The predicted octanol–water partition coefficient (Wildman–Crippen LogP) is 7.10. The van der Waals surface area contributed by atoms with Crippen molar-refractivity contribution in [1.29, 1.82) is 0 Å². The number of benzene rings is 2. The molecule has 0 radical (unpaired) electrons. The molecule has 0 aliphatic heterocycles. The molecule has 0 bridgehead atoms. The van der Waals surface area contributed by atoms with Crippen LogP contribution >= 0.6 is 11.8 Å². The maximum atomic E-state index is 11.9. The third-order valence-electron chi connectivity index (χ3n) is 5.40. The predicted molar refractivity (Wildman–Crippen MR) is 120 cm³/mol. The van der Waals surface area contributed by atoms with Crippen LogP contribution in [0.2, 0.25) is 0 Å². The standard InChI is InChI=1S/C25H31NO2S/c1-19(2)25(27)28-26-24(18-13-20-9-5-3-6-10-20)21-14-16-23(17-15-21)29-22-11-7-4-8-12-22/h4,7-8,11-12,14-17,19-20H,3,5-6,9-10,13,18H2,1-2H3/b26-24+. The van der Waals surface area contributed by atoms with Gasteiger partial charge in [-0.2, -0.15) is 0 Å². The zero-order chi connectivity index (χ0) is 20.5. The molecule has 0 heterocycles. The van der Waals surface area contributed by atoms with Crippen molar-refractivity contribution >= 4 is 23.4 Å². The van der Waals surface area contributed by atoms with Gasteiger partial charge in [-0.3, -0.25) is 0 Å². The Balaban J connectivity index is 1.69. The molecule has 0 atom stereocenters. The van der Waals surface area contributed by atoms with Crippen molar-refractivity contribution in [1.82, 2.24) is 0 Å². The van der Waals surface area contributed by atoms with Gasteiger partial charge in [0.05, 0.1) is 11.6 Å². The number of oxime groups is 1. The van der Waals surface area contributed by atoms with Gasteiger partial charge in [-0.25, -0.2) is 4.79 Å². The van der Waals surface area contributed by atoms with Crippen LogP contribution < -0.4 is 0 Å². The number of carbonyl (C=O) groups is 1. The first-order valence-corrected chi connectivity index (χ1v) is 11.5. The van der Waals surface area contributed by atoms with Crippen molar-refractivity contribution in [2.45, 2.75) is 68.6 Å². The molecule has 0 spiro atoms. The Morgan fingerprint density at radius 2 is 1.66 bits per heavy atom. The van der Waals surface area contributed by atoms with Crippen LogP contribution in [0, 0.1) is 11.8 Å². The van der Waals surface area contributed by atoms with Gasteiger partial charge in [-0.05, 0) is 48.6 Å². The third kappa shape index (κ3) is 7.04. The summed E-state index contributed by atoms with van der Waals surface area (Å²) < 4.78 is 0. The van der Waals surface area contributed by atoms with Crippen LogP contribution in [0.25, 0.3) is 0 Å². The Hall–Kier alpha value is -2.07. The molecule has 2 aromatic rings. The minimum absolute atomic E-state index is 0.178. The first-order valence-electron chi connectivity index (χ1n) is 10.7. The highest BCUT2D eigenvalue weighted by Crippen LogP contribution is 2.30. The lowest BCUT2D eigenvalue weighted by Gasteiger charge is -2.21. The van der Waals surface area contributed by atoms with Crippen LogP contribution in [0.5, 0.6) is 0 Å². The fourth-order valence-corrected chi connectivity index (χ4v) is 4.44. The second-order valence-electron chi connectivity index (χ2n) is 8.09. The lowest BCUT2D eigenvalue weighted by Crippen LogP contribution is -2.13. The Bertz CT molecular complexity index is 793. The van der Waals surface area contributed by atoms with E-state index < -0.39 is 0 Å². The van der Waals surface area contributed by atoms with Gasteiger partial charge >= 0.3 is 5.97 Å². The highest BCUT2D eigenvalue weighted by atomic mass is 32.2. The van der Waals surface area contributed by atoms with Gasteiger partial charge in [-0.15, -0.1) is 0 Å². The van der Waals surface area contributed by atoms with Crippen LogP contribution in [-0.2, 0) is 9.63 Å². The molecule has 154 valence electrons. The Kier molecular flexibility index (Phi) is 8.36. The molecule has 1 fully saturated rings. The first-order chi connectivity index (χ1) is 14.1. The van der Waals surface area contributed by atoms with Crippen LogP contribution in [0.3, 0.4) is 0 Å². The molecule has 2 aromatic carbocycles. The molecule has 4 heteroatoms. The second kappa shape index (κ2) is 11.2. The molecule has 1 aliphatic carbocycles. The Morgan fingerprint density at radius 1 is 1.00 bits per heavy atom. The minimum Gasteiger partial charge on any atom is -0.318 e. The first kappa shape index (κ1) is 21.6. The average Bonchev–Trinajstić information content (AvgIpc) is 2.76. The van der Waals surface area contributed by atoms with Crippen molar-refractivity contribution in [2.75, 3.05) is 0 Å². The van der Waals surface area contributed by atoms with E-state index in [1.807, 2.05) is 19.9 Å². The number of rotatable bonds is 8. The maximum Gasteiger partial charge on any atom is 0.337 e. The molecular formula is C25H31NO2S. The van der Waals surface area contributed by atoms with E-state index in [0.717, 1.165) is 30.0 Å². The molecule has 3 nitrogen and oxygen atoms in total. The number of hydrogen-bond donors (Lipinski definition) is 0. The molecular weight excluding hydrogens is 378 g/mol. The normalized spacial score (nSPS) is 15.5. The summed E-state index contributed by atoms with van der Waals surface area (Å²) in [6.45, 7) is 3.66. The summed E-state index contributed by atoms with van der Waals surface area (Å²) in [5.41, 5.74) is 1.91. The zero-order valence-corrected chi connectivity index (χ0v) is 18.3. The quantitative estimate of drug-likeness (QED) is 0.265. The van der Waals surface area contributed by atoms with Gasteiger partial charge in [0.15, 0.2) is 0 Å². The van der Waals surface area contributed by atoms with Gasteiger partial charge in [0.1, 0.15) is 0 Å². The maximum absolute atomic E-state index is 11.9. The van der Waals surface area contributed by atoms with E-state index in [2.05, 4.69) is 53.7 Å². The van der Waals surface area contributed by atoms with Crippen LogP contribution in [-0.4, -0.2) is 11.7 Å². The summed E-state index contributed by atoms with van der Waals surface area (Å²) in [5, 5.41) is 4.27. The molecule has 0 aromatic heterocycles. The van der Waals surface area contributed by atoms with Crippen molar-refractivity contribution < 1.29 is 9.63 Å². The highest BCUT2D eigenvalue weighted by molar-refractivity contribution is 7.99. The van der Waals surface area contributed by atoms with Gasteiger partial charge in [0.2, 0.25) is 0 Å². The summed E-state index contributed by atoms with van der Waals surface area (Å²) >= 11 is 1.74. The summed E-state index contributed by atoms with van der Waals surface area (Å²) in [4.78, 5) is 19.5. The lowest BCUT2D eigenvalue weighted by molar-refractivity contribution is -0.147. The summed E-state index contributed by atoms with van der Waals surface area (Å²) in [7, 11) is 0. The summed E-state index contributed by atoms with van der Waals surface area (Å²) in [5.74, 6) is 0.307. The Morgan fingerprint density at radius 3 is 2.31 bits per heavy atom. The molecule has 1 saturated carbocycles. The molecule has 0 amide bonds.